The number of nitrogens with one attached hydrogen (secondary N) is 1. The van der Waals surface area contributed by atoms with Crippen LogP contribution < -0.4 is 5.32 Å². The minimum absolute atomic E-state index is 0.121. The lowest BCUT2D eigenvalue weighted by Gasteiger charge is -2.15. The number of hydrogen-bond acceptors (Lipinski definition) is 4. The van der Waals surface area contributed by atoms with Gasteiger partial charge in [0.2, 0.25) is 0 Å². The lowest BCUT2D eigenvalue weighted by atomic mass is 10.1. The van der Waals surface area contributed by atoms with E-state index in [1.807, 2.05) is 6.92 Å². The molecule has 5 heteroatoms. The van der Waals surface area contributed by atoms with Crippen LogP contribution >= 0.6 is 11.3 Å². The molecule has 0 aliphatic carbocycles. The Bertz CT molecular complexity index is 336. The number of aromatic nitrogens is 1. The van der Waals surface area contributed by atoms with Gasteiger partial charge in [0, 0.05) is 6.04 Å². The van der Waals surface area contributed by atoms with Gasteiger partial charge < -0.3 is 10.4 Å². The molecule has 2 N–H and O–H groups in total. The minimum Gasteiger partial charge on any atom is -0.476 e. The SMILES string of the molecule is CC(C)CC(C)Nc1scnc1C(=O)O. The van der Waals surface area contributed by atoms with Crippen LogP contribution in [0, 0.1) is 5.92 Å². The number of rotatable bonds is 5. The molecule has 0 aliphatic rings. The highest BCUT2D eigenvalue weighted by atomic mass is 32.1. The van der Waals surface area contributed by atoms with Gasteiger partial charge in [-0.2, -0.15) is 0 Å². The third kappa shape index (κ3) is 3.51. The number of nitrogens with zero attached hydrogens (tertiary/aromatic N) is 1. The van der Waals surface area contributed by atoms with Gasteiger partial charge >= 0.3 is 5.97 Å². The van der Waals surface area contributed by atoms with Crippen molar-refractivity contribution in [3.05, 3.63) is 11.2 Å². The van der Waals surface area contributed by atoms with Crippen LogP contribution in [-0.4, -0.2) is 22.1 Å². The van der Waals surface area contributed by atoms with E-state index >= 15 is 0 Å². The number of thiazole rings is 1. The van der Waals surface area contributed by atoms with Crippen LogP contribution in [0.3, 0.4) is 0 Å². The number of carboxylic acid groups (broad SMARTS) is 1. The van der Waals surface area contributed by atoms with Crippen molar-refractivity contribution in [2.24, 2.45) is 5.92 Å². The van der Waals surface area contributed by atoms with Gasteiger partial charge in [0.1, 0.15) is 5.00 Å². The zero-order chi connectivity index (χ0) is 11.4. The highest BCUT2D eigenvalue weighted by Gasteiger charge is 2.15. The van der Waals surface area contributed by atoms with Crippen LogP contribution in [0.2, 0.25) is 0 Å². The summed E-state index contributed by atoms with van der Waals surface area (Å²) in [6.07, 6.45) is 1.01. The first-order chi connectivity index (χ1) is 7.00. The summed E-state index contributed by atoms with van der Waals surface area (Å²) in [7, 11) is 0. The number of carboxylic acids is 1. The Hall–Kier alpha value is -1.10. The number of hydrogen-bond donors (Lipinski definition) is 2. The van der Waals surface area contributed by atoms with Gasteiger partial charge in [-0.3, -0.25) is 0 Å². The second-order valence-electron chi connectivity index (χ2n) is 4.01. The van der Waals surface area contributed by atoms with Crippen LogP contribution in [0.1, 0.15) is 37.7 Å². The Kier molecular flexibility index (Phi) is 4.08. The van der Waals surface area contributed by atoms with Crippen LogP contribution in [0.15, 0.2) is 5.51 Å². The van der Waals surface area contributed by atoms with E-state index in [0.29, 0.717) is 10.9 Å². The average Bonchev–Trinajstić information content (AvgIpc) is 2.50. The van der Waals surface area contributed by atoms with Crippen molar-refractivity contribution in [3.8, 4) is 0 Å². The van der Waals surface area contributed by atoms with Crippen molar-refractivity contribution < 1.29 is 9.90 Å². The molecule has 0 saturated carbocycles. The normalized spacial score (nSPS) is 12.8. The summed E-state index contributed by atoms with van der Waals surface area (Å²) in [6.45, 7) is 6.33. The molecule has 1 unspecified atom stereocenters. The standard InChI is InChI=1S/C10H16N2O2S/c1-6(2)4-7(3)12-9-8(10(13)14)11-5-15-9/h5-7,12H,4H2,1-3H3,(H,13,14). The van der Waals surface area contributed by atoms with E-state index in [1.165, 1.54) is 11.3 Å². The molecule has 0 amide bonds. The fourth-order valence-corrected chi connectivity index (χ4v) is 2.28. The Balaban J connectivity index is 2.64. The molecule has 0 aliphatic heterocycles. The smallest absolute Gasteiger partial charge is 0.357 e. The van der Waals surface area contributed by atoms with E-state index in [9.17, 15) is 4.79 Å². The van der Waals surface area contributed by atoms with Gasteiger partial charge in [0.15, 0.2) is 5.69 Å². The third-order valence-corrected chi connectivity index (χ3v) is 2.73. The molecule has 0 bridgehead atoms. The van der Waals surface area contributed by atoms with Gasteiger partial charge in [-0.1, -0.05) is 13.8 Å². The molecule has 1 atom stereocenters. The quantitative estimate of drug-likeness (QED) is 0.813. The second kappa shape index (κ2) is 5.11. The van der Waals surface area contributed by atoms with Crippen molar-refractivity contribution in [2.45, 2.75) is 33.2 Å². The third-order valence-electron chi connectivity index (χ3n) is 1.97. The van der Waals surface area contributed by atoms with E-state index in [0.717, 1.165) is 6.42 Å². The van der Waals surface area contributed by atoms with E-state index in [2.05, 4.69) is 24.1 Å². The molecule has 0 saturated heterocycles. The summed E-state index contributed by atoms with van der Waals surface area (Å²) >= 11 is 1.33. The molecule has 84 valence electrons. The van der Waals surface area contributed by atoms with Crippen LogP contribution in [0.4, 0.5) is 5.00 Å². The van der Waals surface area contributed by atoms with Crippen LogP contribution in [0.25, 0.3) is 0 Å². The Morgan fingerprint density at radius 1 is 1.60 bits per heavy atom. The highest BCUT2D eigenvalue weighted by Crippen LogP contribution is 2.22. The van der Waals surface area contributed by atoms with Crippen molar-refractivity contribution in [2.75, 3.05) is 5.32 Å². The van der Waals surface area contributed by atoms with Gasteiger partial charge in [0.25, 0.3) is 0 Å². The average molecular weight is 228 g/mol. The molecule has 1 rings (SSSR count). The Labute approximate surface area is 93.4 Å². The number of anilines is 1. The Morgan fingerprint density at radius 3 is 2.80 bits per heavy atom. The first-order valence-corrected chi connectivity index (χ1v) is 5.82. The molecular formula is C10H16N2O2S. The summed E-state index contributed by atoms with van der Waals surface area (Å²) in [6, 6.07) is 0.267. The van der Waals surface area contributed by atoms with Gasteiger partial charge in [-0.25, -0.2) is 9.78 Å². The molecule has 0 spiro atoms. The predicted octanol–water partition coefficient (Wildman–Crippen LogP) is 2.69. The van der Waals surface area contributed by atoms with E-state index < -0.39 is 5.97 Å². The first kappa shape index (κ1) is 12.0. The van der Waals surface area contributed by atoms with Gasteiger partial charge in [-0.05, 0) is 19.3 Å². The minimum atomic E-state index is -0.976. The maximum absolute atomic E-state index is 10.8. The molecule has 1 heterocycles. The fourth-order valence-electron chi connectivity index (χ4n) is 1.49. The van der Waals surface area contributed by atoms with Crippen molar-refractivity contribution in [1.82, 2.24) is 4.98 Å². The van der Waals surface area contributed by atoms with E-state index in [4.69, 9.17) is 5.11 Å². The van der Waals surface area contributed by atoms with Gasteiger partial charge in [-0.15, -0.1) is 11.3 Å². The molecule has 0 radical (unpaired) electrons. The topological polar surface area (TPSA) is 62.2 Å². The summed E-state index contributed by atoms with van der Waals surface area (Å²) < 4.78 is 0. The maximum atomic E-state index is 10.8. The molecule has 0 fully saturated rings. The molecule has 1 aromatic heterocycles. The number of aromatic carboxylic acids is 1. The summed E-state index contributed by atoms with van der Waals surface area (Å²) in [4.78, 5) is 14.6. The van der Waals surface area contributed by atoms with Crippen LogP contribution in [0.5, 0.6) is 0 Å². The lowest BCUT2D eigenvalue weighted by molar-refractivity contribution is 0.0692. The van der Waals surface area contributed by atoms with Crippen LogP contribution in [-0.2, 0) is 0 Å². The van der Waals surface area contributed by atoms with E-state index in [1.54, 1.807) is 5.51 Å². The van der Waals surface area contributed by atoms with Crippen molar-refractivity contribution >= 4 is 22.3 Å². The Morgan fingerprint density at radius 2 is 2.27 bits per heavy atom. The predicted molar refractivity (Wildman–Crippen MR) is 61.6 cm³/mol. The fraction of sp³-hybridized carbons (Fsp3) is 0.600. The van der Waals surface area contributed by atoms with Crippen molar-refractivity contribution in [3.63, 3.8) is 0 Å². The molecule has 15 heavy (non-hydrogen) atoms. The van der Waals surface area contributed by atoms with Crippen molar-refractivity contribution in [1.29, 1.82) is 0 Å². The number of carbonyl (C=O) groups is 1. The molecule has 1 aromatic rings. The van der Waals surface area contributed by atoms with Gasteiger partial charge in [0.05, 0.1) is 5.51 Å². The highest BCUT2D eigenvalue weighted by molar-refractivity contribution is 7.14. The monoisotopic (exact) mass is 228 g/mol. The maximum Gasteiger partial charge on any atom is 0.357 e. The summed E-state index contributed by atoms with van der Waals surface area (Å²) in [5, 5.41) is 12.7. The first-order valence-electron chi connectivity index (χ1n) is 4.94. The summed E-state index contributed by atoms with van der Waals surface area (Å²) in [5.41, 5.74) is 1.67. The zero-order valence-corrected chi connectivity index (χ0v) is 9.97. The zero-order valence-electron chi connectivity index (χ0n) is 9.15. The second-order valence-corrected chi connectivity index (χ2v) is 4.86. The van der Waals surface area contributed by atoms with E-state index in [-0.39, 0.29) is 11.7 Å². The molecule has 0 aromatic carbocycles. The lowest BCUT2D eigenvalue weighted by Crippen LogP contribution is -2.18. The molecular weight excluding hydrogens is 212 g/mol. The molecule has 4 nitrogen and oxygen atoms in total. The summed E-state index contributed by atoms with van der Waals surface area (Å²) in [5.74, 6) is -0.385. The largest absolute Gasteiger partial charge is 0.476 e.